The van der Waals surface area contributed by atoms with E-state index in [1.165, 1.54) is 18.9 Å². The van der Waals surface area contributed by atoms with Gasteiger partial charge in [-0.05, 0) is 31.5 Å². The first-order valence-electron chi connectivity index (χ1n) is 14.5. The van der Waals surface area contributed by atoms with Crippen LogP contribution in [0.2, 0.25) is 0 Å². The average molecular weight is 607 g/mol. The van der Waals surface area contributed by atoms with Gasteiger partial charge in [0, 0.05) is 64.2 Å². The molecule has 1 aromatic heterocycles. The number of hydrogen-bond donors (Lipinski definition) is 2. The summed E-state index contributed by atoms with van der Waals surface area (Å²) in [5, 5.41) is 16.1. The smallest absolute Gasteiger partial charge is 0.410 e. The normalized spacial score (nSPS) is 16.3. The van der Waals surface area contributed by atoms with Crippen molar-refractivity contribution >= 4 is 40.5 Å². The largest absolute Gasteiger partial charge is 0.469 e. The predicted molar refractivity (Wildman–Crippen MR) is 168 cm³/mol. The molecule has 3 amide bonds. The number of carbonyl (C=O) groups is 3. The fraction of sp³-hybridized carbons (Fsp3) is 0.452. The van der Waals surface area contributed by atoms with Gasteiger partial charge in [-0.3, -0.25) is 19.3 Å². The lowest BCUT2D eigenvalue weighted by Gasteiger charge is -2.44. The zero-order valence-electron chi connectivity index (χ0n) is 26.0. The predicted octanol–water partition coefficient (Wildman–Crippen LogP) is 3.69. The number of amides is 3. The molecule has 1 saturated heterocycles. The highest BCUT2D eigenvalue weighted by molar-refractivity contribution is 6.04. The Bertz CT molecular complexity index is 1440. The lowest BCUT2D eigenvalue weighted by Crippen LogP contribution is -2.58. The summed E-state index contributed by atoms with van der Waals surface area (Å²) in [5.74, 6) is -0.0488. The third-order valence-electron chi connectivity index (χ3n) is 7.38. The fourth-order valence-electron chi connectivity index (χ4n) is 5.36. The Morgan fingerprint density at radius 1 is 1.11 bits per heavy atom. The molecule has 0 bridgehead atoms. The summed E-state index contributed by atoms with van der Waals surface area (Å²) in [7, 11) is 3.10. The fourth-order valence-corrected chi connectivity index (χ4v) is 5.36. The Morgan fingerprint density at radius 3 is 2.39 bits per heavy atom. The second-order valence-electron chi connectivity index (χ2n) is 10.5. The average Bonchev–Trinajstić information content (AvgIpc) is 3.34. The first kappa shape index (κ1) is 33.7. The second-order valence-corrected chi connectivity index (χ2v) is 10.5. The molecular formula is C31H42N8O5. The number of urea groups is 1. The molecule has 44 heavy (non-hydrogen) atoms. The van der Waals surface area contributed by atoms with Crippen LogP contribution < -0.4 is 16.0 Å². The number of anilines is 2. The number of nitriles is 1. The number of primary amides is 1. The van der Waals surface area contributed by atoms with E-state index in [1.54, 1.807) is 22.7 Å². The van der Waals surface area contributed by atoms with Crippen molar-refractivity contribution in [3.63, 3.8) is 0 Å². The molecule has 2 heterocycles. The molecule has 2 atom stereocenters. The van der Waals surface area contributed by atoms with Gasteiger partial charge in [0.25, 0.3) is 0 Å². The van der Waals surface area contributed by atoms with Gasteiger partial charge < -0.3 is 25.4 Å². The van der Waals surface area contributed by atoms with E-state index in [9.17, 15) is 14.4 Å². The van der Waals surface area contributed by atoms with Crippen molar-refractivity contribution in [2.75, 3.05) is 50.1 Å². The van der Waals surface area contributed by atoms with E-state index in [1.807, 2.05) is 48.5 Å². The summed E-state index contributed by atoms with van der Waals surface area (Å²) < 4.78 is 11.9. The lowest BCUT2D eigenvalue weighted by molar-refractivity contribution is -0.140. The van der Waals surface area contributed by atoms with Crippen LogP contribution in [-0.4, -0.2) is 89.6 Å². The molecule has 0 spiro atoms. The van der Waals surface area contributed by atoms with Gasteiger partial charge in [-0.2, -0.15) is 10.4 Å². The minimum Gasteiger partial charge on any atom is -0.469 e. The number of ether oxygens (including phenoxy) is 2. The van der Waals surface area contributed by atoms with E-state index in [2.05, 4.69) is 29.2 Å². The summed E-state index contributed by atoms with van der Waals surface area (Å²) in [5.41, 5.74) is 8.27. The van der Waals surface area contributed by atoms with Crippen molar-refractivity contribution in [2.45, 2.75) is 45.9 Å². The van der Waals surface area contributed by atoms with E-state index in [0.717, 1.165) is 28.7 Å². The van der Waals surface area contributed by atoms with Crippen molar-refractivity contribution in [1.29, 1.82) is 5.26 Å². The number of nitrogens with two attached hydrogens (primary N) is 1. The van der Waals surface area contributed by atoms with Gasteiger partial charge in [-0.25, -0.2) is 9.59 Å². The zero-order chi connectivity index (χ0) is 32.2. The van der Waals surface area contributed by atoms with Gasteiger partial charge in [0.15, 0.2) is 5.82 Å². The first-order chi connectivity index (χ1) is 21.1. The summed E-state index contributed by atoms with van der Waals surface area (Å²) in [4.78, 5) is 42.0. The molecule has 0 unspecified atom stereocenters. The highest BCUT2D eigenvalue weighted by Crippen LogP contribution is 2.31. The molecule has 1 fully saturated rings. The van der Waals surface area contributed by atoms with Gasteiger partial charge in [0.1, 0.15) is 6.61 Å². The number of esters is 1. The van der Waals surface area contributed by atoms with Crippen LogP contribution >= 0.6 is 0 Å². The van der Waals surface area contributed by atoms with Crippen molar-refractivity contribution in [2.24, 2.45) is 12.8 Å². The van der Waals surface area contributed by atoms with Gasteiger partial charge in [0.2, 0.25) is 0 Å². The molecule has 236 valence electrons. The molecule has 4 rings (SSSR count). The molecule has 3 aromatic rings. The molecule has 1 aliphatic rings. The number of hydrogen-bond acceptors (Lipinski definition) is 9. The van der Waals surface area contributed by atoms with Crippen LogP contribution in [0.5, 0.6) is 0 Å². The second kappa shape index (κ2) is 16.1. The number of benzene rings is 2. The summed E-state index contributed by atoms with van der Waals surface area (Å²) in [6.07, 6.45) is -0.287. The van der Waals surface area contributed by atoms with E-state index < -0.39 is 12.0 Å². The summed E-state index contributed by atoms with van der Waals surface area (Å²) >= 11 is 0. The topological polar surface area (TPSA) is 159 Å². The van der Waals surface area contributed by atoms with Gasteiger partial charge in [-0.1, -0.05) is 36.4 Å². The highest BCUT2D eigenvalue weighted by atomic mass is 16.6. The maximum Gasteiger partial charge on any atom is 0.410 e. The van der Waals surface area contributed by atoms with Crippen molar-refractivity contribution in [1.82, 2.24) is 19.6 Å². The Kier molecular flexibility index (Phi) is 12.3. The van der Waals surface area contributed by atoms with Crippen LogP contribution in [0.1, 0.15) is 32.8 Å². The Hall–Kier alpha value is -4.83. The van der Waals surface area contributed by atoms with Crippen LogP contribution in [0, 0.1) is 11.3 Å². The zero-order valence-corrected chi connectivity index (χ0v) is 26.0. The van der Waals surface area contributed by atoms with E-state index >= 15 is 0 Å². The maximum absolute atomic E-state index is 12.7. The molecular weight excluding hydrogens is 564 g/mol. The quantitative estimate of drug-likeness (QED) is 0.328. The maximum atomic E-state index is 12.7. The number of nitrogens with zero attached hydrogens (tertiary/aromatic N) is 6. The molecule has 0 saturated carbocycles. The number of methoxy groups -OCH3 is 1. The van der Waals surface area contributed by atoms with Crippen LogP contribution in [0.15, 0.2) is 48.5 Å². The standard InChI is InChI=1S/C29H39N7O5.C2H3N/c1-20-17-34(29(39)41-19-22-9-6-5-7-10-22)18-21(2)35(20)16-14-31-24-12-8-11-23-26(24)33(3)32-27(23)36(28(30)38)15-13-25(37)40-4;1-2-3/h5-12,20-21,31H,13-19H2,1-4H3,(H2,30,38);1H3/t20-,21+;. The molecule has 0 radical (unpaired) electrons. The molecule has 13 nitrogen and oxygen atoms in total. The number of aromatic nitrogens is 2. The number of rotatable bonds is 10. The molecule has 1 aliphatic heterocycles. The van der Waals surface area contributed by atoms with Gasteiger partial charge in [0.05, 0.1) is 30.8 Å². The van der Waals surface area contributed by atoms with Gasteiger partial charge >= 0.3 is 18.1 Å². The molecule has 0 aliphatic carbocycles. The van der Waals surface area contributed by atoms with Crippen LogP contribution in [0.25, 0.3) is 10.9 Å². The highest BCUT2D eigenvalue weighted by Gasteiger charge is 2.32. The number of nitrogens with one attached hydrogen (secondary N) is 1. The van der Waals surface area contributed by atoms with Crippen molar-refractivity contribution < 1.29 is 23.9 Å². The first-order valence-corrected chi connectivity index (χ1v) is 14.5. The van der Waals surface area contributed by atoms with Crippen LogP contribution in [0.4, 0.5) is 21.1 Å². The third-order valence-corrected chi connectivity index (χ3v) is 7.38. The lowest BCUT2D eigenvalue weighted by atomic mass is 10.1. The summed E-state index contributed by atoms with van der Waals surface area (Å²) in [6, 6.07) is 16.8. The Morgan fingerprint density at radius 2 is 1.77 bits per heavy atom. The van der Waals surface area contributed by atoms with Crippen LogP contribution in [0.3, 0.4) is 0 Å². The van der Waals surface area contributed by atoms with Crippen LogP contribution in [-0.2, 0) is 27.9 Å². The van der Waals surface area contributed by atoms with Crippen molar-refractivity contribution in [3.05, 3.63) is 54.1 Å². The molecule has 13 heteroatoms. The number of para-hydroxylation sites is 1. The number of aryl methyl sites for hydroxylation is 1. The van der Waals surface area contributed by atoms with E-state index in [0.29, 0.717) is 25.5 Å². The minimum absolute atomic E-state index is 0.00380. The molecule has 2 aromatic carbocycles. The number of fused-ring (bicyclic) bond motifs is 1. The van der Waals surface area contributed by atoms with Gasteiger partial charge in [-0.15, -0.1) is 0 Å². The Labute approximate surface area is 258 Å². The minimum atomic E-state index is -0.696. The summed E-state index contributed by atoms with van der Waals surface area (Å²) in [6.45, 7) is 8.60. The Balaban J connectivity index is 0.00000169. The molecule has 3 N–H and O–H groups in total. The van der Waals surface area contributed by atoms with Crippen molar-refractivity contribution in [3.8, 4) is 6.07 Å². The van der Waals surface area contributed by atoms with E-state index in [-0.39, 0.29) is 37.7 Å². The third kappa shape index (κ3) is 8.61. The number of carbonyl (C=O) groups excluding carboxylic acids is 3. The monoisotopic (exact) mass is 606 g/mol. The van der Waals surface area contributed by atoms with E-state index in [4.69, 9.17) is 20.5 Å². The SMILES string of the molecule is CC#N.COC(=O)CCN(C(N)=O)c1nn(C)c2c(NCCN3[C@H](C)CN(C(=O)OCc4ccccc4)C[C@@H]3C)cccc12. The number of piperazine rings is 1.